The molecule has 0 bridgehead atoms. The molecule has 0 saturated carbocycles. The molecular weight excluding hydrogens is 156 g/mol. The van der Waals surface area contributed by atoms with E-state index in [0.29, 0.717) is 13.2 Å². The highest BCUT2D eigenvalue weighted by atomic mass is 28.2. The van der Waals surface area contributed by atoms with Crippen molar-refractivity contribution in [1.29, 1.82) is 0 Å². The summed E-state index contributed by atoms with van der Waals surface area (Å²) in [7, 11) is 2.91. The highest BCUT2D eigenvalue weighted by molar-refractivity contribution is 5.97. The second-order valence-corrected chi connectivity index (χ2v) is 2.81. The van der Waals surface area contributed by atoms with Gasteiger partial charge in [-0.15, -0.1) is 0 Å². The zero-order chi connectivity index (χ0) is 8.36. The molecule has 0 amide bonds. The van der Waals surface area contributed by atoms with Crippen LogP contribution in [-0.2, 0) is 9.16 Å². The lowest BCUT2D eigenvalue weighted by Gasteiger charge is -2.02. The molecule has 0 spiro atoms. The van der Waals surface area contributed by atoms with Gasteiger partial charge in [0.25, 0.3) is 0 Å². The monoisotopic (exact) mass is 173 g/mol. The third-order valence-electron chi connectivity index (χ3n) is 1.47. The Bertz CT molecular complexity index is 61.1. The van der Waals surface area contributed by atoms with Crippen LogP contribution in [0, 0.1) is 0 Å². The second-order valence-electron chi connectivity index (χ2n) is 2.52. The maximum Gasteiger partial charge on any atom is 0.246 e. The molecule has 0 aromatic carbocycles. The molecular formula is C8H17O2Si. The molecule has 0 fully saturated rings. The van der Waals surface area contributed by atoms with E-state index in [-0.39, 0.29) is 0 Å². The van der Waals surface area contributed by atoms with Gasteiger partial charge in [-0.1, -0.05) is 26.2 Å². The van der Waals surface area contributed by atoms with E-state index in [1.807, 2.05) is 0 Å². The molecule has 0 aliphatic rings. The van der Waals surface area contributed by atoms with Crippen molar-refractivity contribution in [3.63, 3.8) is 0 Å². The van der Waals surface area contributed by atoms with Gasteiger partial charge >= 0.3 is 0 Å². The SMILES string of the molecule is CCCCCCOCCO[Si]. The number of hydrogen-bond donors (Lipinski definition) is 0. The average Bonchev–Trinajstić information content (AvgIpc) is 2.03. The van der Waals surface area contributed by atoms with Crippen molar-refractivity contribution in [2.24, 2.45) is 0 Å². The zero-order valence-electron chi connectivity index (χ0n) is 7.27. The van der Waals surface area contributed by atoms with Gasteiger partial charge in [-0.05, 0) is 6.42 Å². The van der Waals surface area contributed by atoms with Crippen LogP contribution >= 0.6 is 0 Å². The van der Waals surface area contributed by atoms with Gasteiger partial charge < -0.3 is 9.16 Å². The second kappa shape index (κ2) is 10.1. The summed E-state index contributed by atoms with van der Waals surface area (Å²) in [4.78, 5) is 0. The van der Waals surface area contributed by atoms with Gasteiger partial charge in [0.2, 0.25) is 10.5 Å². The van der Waals surface area contributed by atoms with Gasteiger partial charge in [-0.2, -0.15) is 0 Å². The van der Waals surface area contributed by atoms with Crippen molar-refractivity contribution in [1.82, 2.24) is 0 Å². The van der Waals surface area contributed by atoms with Crippen molar-refractivity contribution in [3.8, 4) is 0 Å². The molecule has 3 radical (unpaired) electrons. The Balaban J connectivity index is 2.69. The van der Waals surface area contributed by atoms with Gasteiger partial charge in [0.15, 0.2) is 0 Å². The molecule has 11 heavy (non-hydrogen) atoms. The summed E-state index contributed by atoms with van der Waals surface area (Å²) in [5, 5.41) is 0. The van der Waals surface area contributed by atoms with Gasteiger partial charge in [0.1, 0.15) is 0 Å². The summed E-state index contributed by atoms with van der Waals surface area (Å²) in [5.41, 5.74) is 0. The summed E-state index contributed by atoms with van der Waals surface area (Å²) < 4.78 is 9.91. The quantitative estimate of drug-likeness (QED) is 0.411. The fraction of sp³-hybridized carbons (Fsp3) is 1.00. The summed E-state index contributed by atoms with van der Waals surface area (Å²) in [6.07, 6.45) is 5.06. The van der Waals surface area contributed by atoms with Crippen LogP contribution in [0.25, 0.3) is 0 Å². The van der Waals surface area contributed by atoms with E-state index in [9.17, 15) is 0 Å². The molecule has 3 heteroatoms. The van der Waals surface area contributed by atoms with E-state index < -0.39 is 0 Å². The Morgan fingerprint density at radius 3 is 2.45 bits per heavy atom. The molecule has 2 nitrogen and oxygen atoms in total. The largest absolute Gasteiger partial charge is 0.416 e. The highest BCUT2D eigenvalue weighted by Gasteiger charge is 1.88. The minimum Gasteiger partial charge on any atom is -0.416 e. The Morgan fingerprint density at radius 2 is 1.82 bits per heavy atom. The molecule has 0 aromatic rings. The van der Waals surface area contributed by atoms with Crippen LogP contribution in [0.15, 0.2) is 0 Å². The molecule has 0 aliphatic carbocycles. The van der Waals surface area contributed by atoms with Crippen molar-refractivity contribution >= 4 is 10.5 Å². The maximum atomic E-state index is 5.26. The number of ether oxygens (including phenoxy) is 1. The van der Waals surface area contributed by atoms with Crippen LogP contribution in [-0.4, -0.2) is 30.3 Å². The number of unbranched alkanes of at least 4 members (excludes halogenated alkanes) is 3. The summed E-state index contributed by atoms with van der Waals surface area (Å²) in [5.74, 6) is 0. The van der Waals surface area contributed by atoms with Crippen LogP contribution < -0.4 is 0 Å². The van der Waals surface area contributed by atoms with Gasteiger partial charge in [0, 0.05) is 6.61 Å². The molecule has 0 N–H and O–H groups in total. The van der Waals surface area contributed by atoms with Crippen LogP contribution in [0.2, 0.25) is 0 Å². The molecule has 0 aromatic heterocycles. The minimum absolute atomic E-state index is 0.630. The van der Waals surface area contributed by atoms with E-state index in [0.717, 1.165) is 6.61 Å². The fourth-order valence-electron chi connectivity index (χ4n) is 0.834. The Labute approximate surface area is 72.8 Å². The third kappa shape index (κ3) is 10.1. The molecule has 65 valence electrons. The van der Waals surface area contributed by atoms with E-state index >= 15 is 0 Å². The van der Waals surface area contributed by atoms with Crippen molar-refractivity contribution < 1.29 is 9.16 Å². The van der Waals surface area contributed by atoms with Crippen LogP contribution in [0.3, 0.4) is 0 Å². The normalized spacial score (nSPS) is 10.4. The summed E-state index contributed by atoms with van der Waals surface area (Å²) >= 11 is 0. The Morgan fingerprint density at radius 1 is 1.00 bits per heavy atom. The van der Waals surface area contributed by atoms with Gasteiger partial charge in [-0.25, -0.2) is 0 Å². The predicted molar refractivity (Wildman–Crippen MR) is 46.7 cm³/mol. The lowest BCUT2D eigenvalue weighted by molar-refractivity contribution is 0.100. The Kier molecular flexibility index (Phi) is 10.3. The van der Waals surface area contributed by atoms with E-state index in [1.54, 1.807) is 0 Å². The number of rotatable bonds is 8. The minimum atomic E-state index is 0.630. The van der Waals surface area contributed by atoms with Crippen LogP contribution in [0.4, 0.5) is 0 Å². The standard InChI is InChI=1S/C8H17O2Si/c1-2-3-4-5-6-9-7-8-10-11/h2-8H2,1H3. The first-order chi connectivity index (χ1) is 5.41. The van der Waals surface area contributed by atoms with Crippen LogP contribution in [0.1, 0.15) is 32.6 Å². The smallest absolute Gasteiger partial charge is 0.246 e. The van der Waals surface area contributed by atoms with E-state index in [2.05, 4.69) is 21.8 Å². The lowest BCUT2D eigenvalue weighted by atomic mass is 10.2. The van der Waals surface area contributed by atoms with E-state index in [4.69, 9.17) is 4.74 Å². The van der Waals surface area contributed by atoms with Crippen LogP contribution in [0.5, 0.6) is 0 Å². The van der Waals surface area contributed by atoms with Gasteiger partial charge in [-0.3, -0.25) is 0 Å². The summed E-state index contributed by atoms with van der Waals surface area (Å²) in [6.45, 7) is 4.40. The first-order valence-corrected chi connectivity index (χ1v) is 4.69. The van der Waals surface area contributed by atoms with Crippen molar-refractivity contribution in [3.05, 3.63) is 0 Å². The van der Waals surface area contributed by atoms with Gasteiger partial charge in [0.05, 0.1) is 13.2 Å². The molecule has 0 atom stereocenters. The third-order valence-corrected chi connectivity index (χ3v) is 1.68. The molecule has 0 unspecified atom stereocenters. The maximum absolute atomic E-state index is 5.26. The first-order valence-electron chi connectivity index (χ1n) is 4.28. The molecule has 0 saturated heterocycles. The van der Waals surface area contributed by atoms with E-state index in [1.165, 1.54) is 25.7 Å². The first kappa shape index (κ1) is 11.1. The molecule has 0 rings (SSSR count). The summed E-state index contributed by atoms with van der Waals surface area (Å²) in [6, 6.07) is 0. The molecule has 0 heterocycles. The topological polar surface area (TPSA) is 18.5 Å². The number of hydrogen-bond acceptors (Lipinski definition) is 2. The lowest BCUT2D eigenvalue weighted by Crippen LogP contribution is -2.03. The zero-order valence-corrected chi connectivity index (χ0v) is 8.27. The highest BCUT2D eigenvalue weighted by Crippen LogP contribution is 1.98. The Hall–Kier alpha value is 0.137. The van der Waals surface area contributed by atoms with Crippen molar-refractivity contribution in [2.45, 2.75) is 32.6 Å². The predicted octanol–water partition coefficient (Wildman–Crippen LogP) is 1.68. The fourth-order valence-corrected chi connectivity index (χ4v) is 0.917. The average molecular weight is 173 g/mol. The molecule has 0 aliphatic heterocycles. The van der Waals surface area contributed by atoms with Crippen molar-refractivity contribution in [2.75, 3.05) is 19.8 Å².